The lowest BCUT2D eigenvalue weighted by molar-refractivity contribution is -0.359. The summed E-state index contributed by atoms with van der Waals surface area (Å²) in [5.41, 5.74) is 3.78. The van der Waals surface area contributed by atoms with E-state index in [1.165, 1.54) is 36.0 Å². The number of sulfonamides is 1. The van der Waals surface area contributed by atoms with E-state index in [4.69, 9.17) is 19.3 Å². The quantitative estimate of drug-likeness (QED) is 0.0687. The van der Waals surface area contributed by atoms with Gasteiger partial charge in [-0.25, -0.2) is 23.1 Å². The lowest BCUT2D eigenvalue weighted by atomic mass is 9.21. The number of ether oxygens (including phenoxy) is 3. The first-order chi connectivity index (χ1) is 35.5. The first kappa shape index (κ1) is 48.7. The van der Waals surface area contributed by atoms with Crippen LogP contribution in [0.4, 0.5) is 16.6 Å². The van der Waals surface area contributed by atoms with E-state index in [9.17, 15) is 22.8 Å². The molecule has 74 heavy (non-hydrogen) atoms. The number of nitrogens with one attached hydrogen (secondary N) is 2. The standard InChI is InChI=1S/C54H60N10O8S2/c1-6-71-48(67)35-25-63(26-35)36-11-13-37(14-12-36)74(68,69)61-47(66)44-38(15-16-41(56-44)45(65)42-23-33(2)46(60-59-42)58-49-57-40-9-7-8-10-43(40)73-49)39-24-55-64(34(39)3)32-52-28-50(4)27-51(5)29-53(30-52,31-54(50,51)52)72-22-19-62-17-20-70-21-18-62/h7-16,23-24,35H,6,17-22,25-32H2,1-5H3,(H,61,66)(H,57,58,60). The maximum atomic E-state index is 14.6. The summed E-state index contributed by atoms with van der Waals surface area (Å²) >= 11 is 1.47. The third-order valence-electron chi connectivity index (χ3n) is 17.5. The second-order valence-corrected chi connectivity index (χ2v) is 24.8. The minimum atomic E-state index is -4.46. The predicted octanol–water partition coefficient (Wildman–Crippen LogP) is 7.13. The van der Waals surface area contributed by atoms with Crippen molar-refractivity contribution in [2.45, 2.75) is 83.8 Å². The van der Waals surface area contributed by atoms with Gasteiger partial charge in [0.2, 0.25) is 5.78 Å². The van der Waals surface area contributed by atoms with Crippen LogP contribution in [0.25, 0.3) is 21.3 Å². The number of para-hydroxylation sites is 1. The normalized spacial score (nSPS) is 27.0. The molecule has 20 heteroatoms. The van der Waals surface area contributed by atoms with Crippen molar-refractivity contribution in [2.24, 2.45) is 27.6 Å². The van der Waals surface area contributed by atoms with Gasteiger partial charge in [0.25, 0.3) is 15.9 Å². The zero-order chi connectivity index (χ0) is 51.4. The van der Waals surface area contributed by atoms with Gasteiger partial charge >= 0.3 is 5.97 Å². The topological polar surface area (TPSA) is 213 Å². The molecule has 386 valence electrons. The van der Waals surface area contributed by atoms with Gasteiger partial charge < -0.3 is 24.4 Å². The van der Waals surface area contributed by atoms with Gasteiger partial charge in [0.1, 0.15) is 17.1 Å². The van der Waals surface area contributed by atoms with Crippen LogP contribution in [0.5, 0.6) is 0 Å². The predicted molar refractivity (Wildman–Crippen MR) is 277 cm³/mol. The number of fused-ring (bicyclic) bond motifs is 2. The molecule has 2 saturated heterocycles. The number of anilines is 3. The number of carbonyl (C=O) groups excluding carboxylic acids is 3. The number of ketones is 1. The van der Waals surface area contributed by atoms with Gasteiger partial charge in [-0.05, 0) is 129 Å². The highest BCUT2D eigenvalue weighted by atomic mass is 32.2. The average molecular weight is 1040 g/mol. The molecule has 6 aromatic rings. The van der Waals surface area contributed by atoms with Crippen LogP contribution >= 0.6 is 11.3 Å². The molecular formula is C54H60N10O8S2. The zero-order valence-corrected chi connectivity index (χ0v) is 43.9. The second kappa shape index (κ2) is 17.7. The molecule has 12 rings (SSSR count). The molecule has 5 unspecified atom stereocenters. The monoisotopic (exact) mass is 1040 g/mol. The van der Waals surface area contributed by atoms with Crippen LogP contribution in [0.2, 0.25) is 0 Å². The molecule has 6 fully saturated rings. The number of pyridine rings is 1. The van der Waals surface area contributed by atoms with Gasteiger partial charge in [-0.15, -0.1) is 10.2 Å². The van der Waals surface area contributed by atoms with Crippen molar-refractivity contribution in [3.8, 4) is 11.1 Å². The van der Waals surface area contributed by atoms with Crippen LogP contribution in [-0.2, 0) is 35.6 Å². The fourth-order valence-corrected chi connectivity index (χ4v) is 16.7. The molecule has 6 aliphatic rings. The molecule has 2 bridgehead atoms. The molecule has 0 radical (unpaired) electrons. The minimum Gasteiger partial charge on any atom is -0.466 e. The number of amides is 1. The molecule has 5 atom stereocenters. The van der Waals surface area contributed by atoms with E-state index >= 15 is 0 Å². The van der Waals surface area contributed by atoms with Crippen molar-refractivity contribution < 1.29 is 37.0 Å². The van der Waals surface area contributed by atoms with Crippen molar-refractivity contribution >= 4 is 65.9 Å². The van der Waals surface area contributed by atoms with Gasteiger partial charge in [-0.1, -0.05) is 37.3 Å². The van der Waals surface area contributed by atoms with Crippen LogP contribution in [0.15, 0.2) is 77.8 Å². The molecular weight excluding hydrogens is 981 g/mol. The van der Waals surface area contributed by atoms with Gasteiger partial charge in [0.05, 0.1) is 59.3 Å². The Morgan fingerprint density at radius 2 is 1.65 bits per heavy atom. The van der Waals surface area contributed by atoms with Gasteiger partial charge in [-0.2, -0.15) is 5.10 Å². The number of thiazole rings is 1. The van der Waals surface area contributed by atoms with Crippen LogP contribution in [0.1, 0.15) is 90.8 Å². The number of aryl methyl sites for hydroxylation is 1. The maximum Gasteiger partial charge on any atom is 0.312 e. The Hall–Kier alpha value is -6.19. The highest BCUT2D eigenvalue weighted by Crippen LogP contribution is 2.97. The second-order valence-electron chi connectivity index (χ2n) is 22.1. The van der Waals surface area contributed by atoms with E-state index in [0.29, 0.717) is 60.5 Å². The SMILES string of the molecule is CCOC(=O)C1CN(c2ccc(S(=O)(=O)NC(=O)c3nc(C(=O)c4cc(C)c(Nc5nc6ccccc6s5)nn4)ccc3-c3cnn(CC45CC6(OCCN7CCOCC7)CC7(C)CC(C)(C4)C75C6)c3C)cc2)C1. The lowest BCUT2D eigenvalue weighted by Gasteiger charge is -2.83. The van der Waals surface area contributed by atoms with E-state index in [-0.39, 0.29) is 61.1 Å². The lowest BCUT2D eigenvalue weighted by Crippen LogP contribution is -2.78. The summed E-state index contributed by atoms with van der Waals surface area (Å²) in [4.78, 5) is 54.5. The molecule has 4 aromatic heterocycles. The highest BCUT2D eigenvalue weighted by Gasteiger charge is 2.92. The molecule has 4 saturated carbocycles. The number of morpholine rings is 1. The summed E-state index contributed by atoms with van der Waals surface area (Å²) < 4.78 is 51.1. The molecule has 2 N–H and O–H groups in total. The summed E-state index contributed by atoms with van der Waals surface area (Å²) in [7, 11) is -4.46. The summed E-state index contributed by atoms with van der Waals surface area (Å²) in [6.07, 6.45) is 7.05. The van der Waals surface area contributed by atoms with Crippen molar-refractivity contribution in [2.75, 3.05) is 69.4 Å². The summed E-state index contributed by atoms with van der Waals surface area (Å²) in [6, 6.07) is 18.6. The van der Waals surface area contributed by atoms with Crippen LogP contribution < -0.4 is 14.9 Å². The third kappa shape index (κ3) is 7.75. The van der Waals surface area contributed by atoms with E-state index in [1.54, 1.807) is 44.3 Å². The summed E-state index contributed by atoms with van der Waals surface area (Å²) in [5, 5.41) is 17.4. The summed E-state index contributed by atoms with van der Waals surface area (Å²) in [6.45, 7) is 17.3. The average Bonchev–Trinajstić information content (AvgIpc) is 4.26. The third-order valence-corrected chi connectivity index (χ3v) is 19.8. The number of hydrogen-bond donors (Lipinski definition) is 2. The first-order valence-corrected chi connectivity index (χ1v) is 27.8. The molecule has 2 aromatic carbocycles. The Kier molecular flexibility index (Phi) is 11.7. The molecule has 6 heterocycles. The number of carbonyl (C=O) groups is 3. The largest absolute Gasteiger partial charge is 0.466 e. The van der Waals surface area contributed by atoms with Crippen LogP contribution in [-0.4, -0.2) is 126 Å². The van der Waals surface area contributed by atoms with Crippen LogP contribution in [0, 0.1) is 41.4 Å². The molecule has 2 aliphatic heterocycles. The van der Waals surface area contributed by atoms with Gasteiger partial charge in [-0.3, -0.25) is 24.0 Å². The smallest absolute Gasteiger partial charge is 0.312 e. The van der Waals surface area contributed by atoms with Crippen molar-refractivity contribution in [3.63, 3.8) is 0 Å². The van der Waals surface area contributed by atoms with E-state index < -0.39 is 21.7 Å². The highest BCUT2D eigenvalue weighted by molar-refractivity contribution is 7.90. The van der Waals surface area contributed by atoms with Crippen molar-refractivity contribution in [1.29, 1.82) is 0 Å². The Morgan fingerprint density at radius 1 is 0.878 bits per heavy atom. The van der Waals surface area contributed by atoms with Crippen molar-refractivity contribution in [1.82, 2.24) is 39.6 Å². The fourth-order valence-electron chi connectivity index (χ4n) is 14.9. The van der Waals surface area contributed by atoms with Gasteiger partial charge in [0.15, 0.2) is 10.9 Å². The van der Waals surface area contributed by atoms with Crippen molar-refractivity contribution in [3.05, 3.63) is 101 Å². The first-order valence-electron chi connectivity index (χ1n) is 25.5. The molecule has 18 nitrogen and oxygen atoms in total. The van der Waals surface area contributed by atoms with E-state index in [2.05, 4.69) is 49.0 Å². The zero-order valence-electron chi connectivity index (χ0n) is 42.3. The van der Waals surface area contributed by atoms with E-state index in [1.807, 2.05) is 40.8 Å². The Morgan fingerprint density at radius 3 is 2.39 bits per heavy atom. The summed E-state index contributed by atoms with van der Waals surface area (Å²) in [5.74, 6) is -1.73. The molecule has 1 amide bonds. The number of aromatic nitrogens is 6. The van der Waals surface area contributed by atoms with Crippen LogP contribution in [0.3, 0.4) is 0 Å². The Bertz CT molecular complexity index is 3340. The molecule has 1 spiro atoms. The Balaban J connectivity index is 0.826. The molecule has 4 aliphatic carbocycles. The van der Waals surface area contributed by atoms with Gasteiger partial charge in [0, 0.05) is 67.2 Å². The van der Waals surface area contributed by atoms with E-state index in [0.717, 1.165) is 80.1 Å². The number of hydrogen-bond acceptors (Lipinski definition) is 17. The number of benzene rings is 2. The fraction of sp³-hybridized carbons (Fsp3) is 0.481. The number of nitrogens with zero attached hydrogens (tertiary/aromatic N) is 8. The number of rotatable bonds is 17. The minimum absolute atomic E-state index is 0.0146. The number of esters is 1. The maximum absolute atomic E-state index is 14.6. The Labute approximate surface area is 433 Å².